The van der Waals surface area contributed by atoms with Gasteiger partial charge in [-0.1, -0.05) is 0 Å². The Morgan fingerprint density at radius 3 is 2.07 bits per heavy atom. The van der Waals surface area contributed by atoms with Crippen molar-refractivity contribution in [3.05, 3.63) is 0 Å². The molecule has 4 nitrogen and oxygen atoms in total. The van der Waals surface area contributed by atoms with Crippen molar-refractivity contribution in [3.8, 4) is 6.07 Å². The molecule has 0 aromatic rings. The van der Waals surface area contributed by atoms with Crippen LogP contribution in [0.25, 0.3) is 0 Å². The maximum atomic E-state index is 10.6. The van der Waals surface area contributed by atoms with E-state index < -0.39 is 12.1 Å². The van der Waals surface area contributed by atoms with Gasteiger partial charge in [-0.25, -0.2) is 4.79 Å². The van der Waals surface area contributed by atoms with Crippen LogP contribution >= 0.6 is 0 Å². The van der Waals surface area contributed by atoms with Crippen LogP contribution in [0, 0.1) is 17.2 Å². The lowest BCUT2D eigenvalue weighted by molar-refractivity contribution is -0.192. The molecule has 3 N–H and O–H groups in total. The molecule has 1 aliphatic rings. The standard InChI is InChI=1S/C6H10N2.C2HF3O2/c7-4-5-1-2-6(8)3-5;3-2(4,5)1(6)7/h5-6H,1-3,8H2;(H,6,7)/t5-,6-;/m1./s1. The molecule has 2 atom stereocenters. The SMILES string of the molecule is N#C[C@@H]1CC[C@@H](N)C1.O=C(O)C(F)(F)F. The van der Waals surface area contributed by atoms with E-state index in [1.165, 1.54) is 0 Å². The van der Waals surface area contributed by atoms with Crippen LogP contribution in [0.3, 0.4) is 0 Å². The van der Waals surface area contributed by atoms with Crippen molar-refractivity contribution in [2.24, 2.45) is 11.7 Å². The van der Waals surface area contributed by atoms with Gasteiger partial charge in [0.25, 0.3) is 0 Å². The van der Waals surface area contributed by atoms with E-state index in [0.717, 1.165) is 19.3 Å². The van der Waals surface area contributed by atoms with E-state index in [1.807, 2.05) is 0 Å². The van der Waals surface area contributed by atoms with Gasteiger partial charge < -0.3 is 10.8 Å². The third-order valence-corrected chi connectivity index (χ3v) is 1.90. The fraction of sp³-hybridized carbons (Fsp3) is 0.750. The van der Waals surface area contributed by atoms with Crippen LogP contribution in [0.4, 0.5) is 13.2 Å². The van der Waals surface area contributed by atoms with Gasteiger partial charge in [0.05, 0.1) is 6.07 Å². The molecule has 86 valence electrons. The first-order chi connectivity index (χ1) is 6.77. The number of nitriles is 1. The monoisotopic (exact) mass is 224 g/mol. The molecular formula is C8H11F3N2O2. The second-order valence-electron chi connectivity index (χ2n) is 3.20. The molecule has 1 aliphatic carbocycles. The van der Waals surface area contributed by atoms with Crippen LogP contribution in [0.5, 0.6) is 0 Å². The predicted octanol–water partition coefficient (Wildman–Crippen LogP) is 1.27. The second kappa shape index (κ2) is 5.56. The van der Waals surface area contributed by atoms with Crippen molar-refractivity contribution < 1.29 is 23.1 Å². The lowest BCUT2D eigenvalue weighted by Crippen LogP contribution is -2.21. The lowest BCUT2D eigenvalue weighted by Gasteiger charge is -1.95. The second-order valence-corrected chi connectivity index (χ2v) is 3.20. The molecule has 0 saturated heterocycles. The number of nitrogens with zero attached hydrogens (tertiary/aromatic N) is 1. The molecule has 1 fully saturated rings. The van der Waals surface area contributed by atoms with Gasteiger partial charge in [0.1, 0.15) is 0 Å². The molecule has 0 aliphatic heterocycles. The fourth-order valence-electron chi connectivity index (χ4n) is 1.13. The van der Waals surface area contributed by atoms with Gasteiger partial charge in [0, 0.05) is 12.0 Å². The van der Waals surface area contributed by atoms with E-state index >= 15 is 0 Å². The first-order valence-corrected chi connectivity index (χ1v) is 4.22. The summed E-state index contributed by atoms with van der Waals surface area (Å²) in [5.41, 5.74) is 5.55. The van der Waals surface area contributed by atoms with Crippen LogP contribution in [0.15, 0.2) is 0 Å². The molecule has 0 heterocycles. The predicted molar refractivity (Wildman–Crippen MR) is 44.6 cm³/mol. The number of carbonyl (C=O) groups is 1. The molecule has 0 aromatic heterocycles. The molecule has 0 spiro atoms. The number of alkyl halides is 3. The Balaban J connectivity index is 0.000000265. The summed E-state index contributed by atoms with van der Waals surface area (Å²) >= 11 is 0. The molecule has 0 bridgehead atoms. The Hall–Kier alpha value is -1.29. The van der Waals surface area contributed by atoms with Crippen molar-refractivity contribution in [2.75, 3.05) is 0 Å². The maximum Gasteiger partial charge on any atom is 0.490 e. The van der Waals surface area contributed by atoms with Gasteiger partial charge in [0.15, 0.2) is 0 Å². The van der Waals surface area contributed by atoms with Crippen LogP contribution < -0.4 is 5.73 Å². The molecule has 0 unspecified atom stereocenters. The largest absolute Gasteiger partial charge is 0.490 e. The topological polar surface area (TPSA) is 87.1 Å². The highest BCUT2D eigenvalue weighted by molar-refractivity contribution is 5.73. The summed E-state index contributed by atoms with van der Waals surface area (Å²) in [6.07, 6.45) is -2.12. The zero-order valence-electron chi connectivity index (χ0n) is 7.79. The lowest BCUT2D eigenvalue weighted by atomic mass is 10.1. The molecule has 1 rings (SSSR count). The quantitative estimate of drug-likeness (QED) is 0.648. The molecule has 1 saturated carbocycles. The van der Waals surface area contributed by atoms with Crippen molar-refractivity contribution >= 4 is 5.97 Å². The molecule has 15 heavy (non-hydrogen) atoms. The third-order valence-electron chi connectivity index (χ3n) is 1.90. The number of carboxylic acid groups (broad SMARTS) is 1. The number of hydrogen-bond acceptors (Lipinski definition) is 3. The summed E-state index contributed by atoms with van der Waals surface area (Å²) in [7, 11) is 0. The van der Waals surface area contributed by atoms with Gasteiger partial charge in [-0.2, -0.15) is 18.4 Å². The highest BCUT2D eigenvalue weighted by Gasteiger charge is 2.38. The molecule has 7 heteroatoms. The summed E-state index contributed by atoms with van der Waals surface area (Å²) in [5, 5.41) is 15.5. The van der Waals surface area contributed by atoms with Crippen LogP contribution in [0.1, 0.15) is 19.3 Å². The Morgan fingerprint density at radius 1 is 1.47 bits per heavy atom. The number of nitrogens with two attached hydrogens (primary N) is 1. The van der Waals surface area contributed by atoms with Gasteiger partial charge in [0.2, 0.25) is 0 Å². The molecular weight excluding hydrogens is 213 g/mol. The number of hydrogen-bond donors (Lipinski definition) is 2. The van der Waals surface area contributed by atoms with Gasteiger partial charge >= 0.3 is 12.1 Å². The average molecular weight is 224 g/mol. The molecule has 0 aromatic carbocycles. The minimum absolute atomic E-state index is 0.255. The highest BCUT2D eigenvalue weighted by atomic mass is 19.4. The smallest absolute Gasteiger partial charge is 0.475 e. The molecule has 0 radical (unpaired) electrons. The van der Waals surface area contributed by atoms with E-state index in [-0.39, 0.29) is 5.92 Å². The highest BCUT2D eigenvalue weighted by Crippen LogP contribution is 2.22. The van der Waals surface area contributed by atoms with E-state index in [0.29, 0.717) is 6.04 Å². The Kier molecular flexibility index (Phi) is 5.08. The Morgan fingerprint density at radius 2 is 1.93 bits per heavy atom. The Bertz CT molecular complexity index is 260. The summed E-state index contributed by atoms with van der Waals surface area (Å²) in [6.45, 7) is 0. The maximum absolute atomic E-state index is 10.6. The molecule has 0 amide bonds. The van der Waals surface area contributed by atoms with Gasteiger partial charge in [-0.15, -0.1) is 0 Å². The number of aliphatic carboxylic acids is 1. The van der Waals surface area contributed by atoms with E-state index in [1.54, 1.807) is 0 Å². The van der Waals surface area contributed by atoms with Gasteiger partial charge in [-0.05, 0) is 19.3 Å². The van der Waals surface area contributed by atoms with Gasteiger partial charge in [-0.3, -0.25) is 0 Å². The zero-order valence-corrected chi connectivity index (χ0v) is 7.79. The average Bonchev–Trinajstić information content (AvgIpc) is 2.50. The van der Waals surface area contributed by atoms with Crippen LogP contribution in [-0.2, 0) is 4.79 Å². The third kappa shape index (κ3) is 5.91. The first-order valence-electron chi connectivity index (χ1n) is 4.22. The number of halogens is 3. The summed E-state index contributed by atoms with van der Waals surface area (Å²) < 4.78 is 31.7. The number of carboxylic acids is 1. The van der Waals surface area contributed by atoms with E-state index in [4.69, 9.17) is 20.9 Å². The summed E-state index contributed by atoms with van der Waals surface area (Å²) in [6, 6.07) is 2.52. The minimum Gasteiger partial charge on any atom is -0.475 e. The van der Waals surface area contributed by atoms with E-state index in [2.05, 4.69) is 6.07 Å². The summed E-state index contributed by atoms with van der Waals surface area (Å²) in [5.74, 6) is -2.50. The summed E-state index contributed by atoms with van der Waals surface area (Å²) in [4.78, 5) is 8.90. The zero-order chi connectivity index (χ0) is 12.1. The van der Waals surface area contributed by atoms with Crippen molar-refractivity contribution in [3.63, 3.8) is 0 Å². The van der Waals surface area contributed by atoms with Crippen LogP contribution in [0.2, 0.25) is 0 Å². The number of rotatable bonds is 0. The Labute approximate surface area is 84.5 Å². The first kappa shape index (κ1) is 13.7. The minimum atomic E-state index is -5.08. The van der Waals surface area contributed by atoms with Crippen molar-refractivity contribution in [2.45, 2.75) is 31.5 Å². The van der Waals surface area contributed by atoms with Crippen LogP contribution in [-0.4, -0.2) is 23.3 Å². The normalized spacial score (nSPS) is 25.0. The van der Waals surface area contributed by atoms with Crippen molar-refractivity contribution in [1.29, 1.82) is 5.26 Å². The fourth-order valence-corrected chi connectivity index (χ4v) is 1.13. The van der Waals surface area contributed by atoms with Crippen molar-refractivity contribution in [1.82, 2.24) is 0 Å². The van der Waals surface area contributed by atoms with E-state index in [9.17, 15) is 13.2 Å².